The number of fused-ring (bicyclic) bond motifs is 6. The van der Waals surface area contributed by atoms with Gasteiger partial charge in [0, 0.05) is 39.0 Å². The first kappa shape index (κ1) is 24.6. The van der Waals surface area contributed by atoms with E-state index in [4.69, 9.17) is 9.40 Å². The van der Waals surface area contributed by atoms with Crippen molar-refractivity contribution in [2.24, 2.45) is 0 Å². The van der Waals surface area contributed by atoms with E-state index in [2.05, 4.69) is 122 Å². The maximum Gasteiger partial charge on any atom is 0.135 e. The van der Waals surface area contributed by atoms with Gasteiger partial charge in [-0.25, -0.2) is 0 Å². The first-order chi connectivity index (χ1) is 20.6. The average Bonchev–Trinajstić information content (AvgIpc) is 3.56. The minimum Gasteiger partial charge on any atom is -0.456 e. The molecule has 8 aromatic rings. The first-order valence-electron chi connectivity index (χ1n) is 14.6. The van der Waals surface area contributed by atoms with Gasteiger partial charge in [0.05, 0.1) is 16.7 Å². The van der Waals surface area contributed by atoms with Crippen LogP contribution in [0.5, 0.6) is 0 Å². The van der Waals surface area contributed by atoms with E-state index in [-0.39, 0.29) is 5.92 Å². The Labute approximate surface area is 244 Å². The van der Waals surface area contributed by atoms with Crippen molar-refractivity contribution >= 4 is 43.7 Å². The number of pyridine rings is 1. The van der Waals surface area contributed by atoms with E-state index in [1.807, 2.05) is 24.4 Å². The summed E-state index contributed by atoms with van der Waals surface area (Å²) < 4.78 is 8.60. The smallest absolute Gasteiger partial charge is 0.135 e. The fourth-order valence-corrected chi connectivity index (χ4v) is 6.69. The molecule has 0 atom stereocenters. The summed E-state index contributed by atoms with van der Waals surface area (Å²) in [6, 6.07) is 41.2. The number of hydrogen-bond donors (Lipinski definition) is 0. The zero-order chi connectivity index (χ0) is 28.4. The maximum absolute atomic E-state index is 6.19. The van der Waals surface area contributed by atoms with E-state index in [1.54, 1.807) is 0 Å². The van der Waals surface area contributed by atoms with Crippen LogP contribution in [-0.2, 0) is 0 Å². The van der Waals surface area contributed by atoms with Gasteiger partial charge in [-0.2, -0.15) is 0 Å². The van der Waals surface area contributed by atoms with Gasteiger partial charge in [0.2, 0.25) is 0 Å². The Morgan fingerprint density at radius 2 is 1.26 bits per heavy atom. The summed E-state index contributed by atoms with van der Waals surface area (Å²) >= 11 is 0. The largest absolute Gasteiger partial charge is 0.456 e. The lowest BCUT2D eigenvalue weighted by Gasteiger charge is -2.22. The molecule has 0 aliphatic rings. The molecule has 3 aromatic heterocycles. The fourth-order valence-electron chi connectivity index (χ4n) is 6.69. The van der Waals surface area contributed by atoms with E-state index in [9.17, 15) is 0 Å². The second kappa shape index (κ2) is 9.46. The van der Waals surface area contributed by atoms with Crippen molar-refractivity contribution in [2.45, 2.75) is 26.7 Å². The number of para-hydroxylation sites is 3. The topological polar surface area (TPSA) is 31.0 Å². The van der Waals surface area contributed by atoms with Crippen LogP contribution in [0.1, 0.15) is 30.9 Å². The molecule has 0 saturated heterocycles. The van der Waals surface area contributed by atoms with Gasteiger partial charge in [-0.3, -0.25) is 4.98 Å². The van der Waals surface area contributed by atoms with Crippen LogP contribution in [0.25, 0.3) is 71.8 Å². The molecular formula is C39H30N2O. The highest BCUT2D eigenvalue weighted by molar-refractivity contribution is 6.10. The van der Waals surface area contributed by atoms with Crippen molar-refractivity contribution < 1.29 is 4.42 Å². The Kier molecular flexibility index (Phi) is 5.55. The standard InChI is InChI=1S/C39H30N2O/c1-24(2)38-31(26-18-19-37-32(21-26)30-14-6-9-17-36(30)42-37)22-27(23-33(38)39-25(3)11-10-20-40-39)41-34-15-7-4-12-28(34)29-13-5-8-16-35(29)41/h4-24H,1-3H3. The zero-order valence-electron chi connectivity index (χ0n) is 23.9. The van der Waals surface area contributed by atoms with Crippen molar-refractivity contribution in [1.82, 2.24) is 9.55 Å². The van der Waals surface area contributed by atoms with Crippen molar-refractivity contribution in [1.29, 1.82) is 0 Å². The summed E-state index contributed by atoms with van der Waals surface area (Å²) in [6.07, 6.45) is 1.91. The Morgan fingerprint density at radius 3 is 1.98 bits per heavy atom. The summed E-state index contributed by atoms with van der Waals surface area (Å²) in [6.45, 7) is 6.72. The molecule has 202 valence electrons. The molecule has 0 amide bonds. The molecular weight excluding hydrogens is 512 g/mol. The maximum atomic E-state index is 6.19. The normalized spacial score (nSPS) is 11.9. The summed E-state index contributed by atoms with van der Waals surface area (Å²) in [7, 11) is 0. The van der Waals surface area contributed by atoms with Crippen molar-refractivity contribution in [3.8, 4) is 28.1 Å². The first-order valence-corrected chi connectivity index (χ1v) is 14.6. The summed E-state index contributed by atoms with van der Waals surface area (Å²) in [4.78, 5) is 4.93. The van der Waals surface area contributed by atoms with Crippen LogP contribution < -0.4 is 0 Å². The molecule has 0 spiro atoms. The van der Waals surface area contributed by atoms with Crippen LogP contribution in [0.3, 0.4) is 0 Å². The monoisotopic (exact) mass is 542 g/mol. The lowest BCUT2D eigenvalue weighted by atomic mass is 9.85. The number of benzene rings is 5. The molecule has 8 rings (SSSR count). The summed E-state index contributed by atoms with van der Waals surface area (Å²) in [5.41, 5.74) is 12.4. The van der Waals surface area contributed by atoms with Gasteiger partial charge in [-0.05, 0) is 83.6 Å². The molecule has 42 heavy (non-hydrogen) atoms. The Balaban J connectivity index is 1.50. The second-order valence-corrected chi connectivity index (χ2v) is 11.5. The highest BCUT2D eigenvalue weighted by Gasteiger charge is 2.22. The quantitative estimate of drug-likeness (QED) is 0.221. The number of furan rings is 1. The minimum absolute atomic E-state index is 0.278. The van der Waals surface area contributed by atoms with Crippen molar-refractivity contribution in [3.63, 3.8) is 0 Å². The molecule has 3 nitrogen and oxygen atoms in total. The third kappa shape index (κ3) is 3.70. The lowest BCUT2D eigenvalue weighted by molar-refractivity contribution is 0.669. The number of aryl methyl sites for hydroxylation is 1. The van der Waals surface area contributed by atoms with Crippen LogP contribution in [-0.4, -0.2) is 9.55 Å². The highest BCUT2D eigenvalue weighted by Crippen LogP contribution is 2.43. The van der Waals surface area contributed by atoms with Gasteiger partial charge in [0.15, 0.2) is 0 Å². The van der Waals surface area contributed by atoms with Gasteiger partial charge in [0.25, 0.3) is 0 Å². The van der Waals surface area contributed by atoms with Crippen LogP contribution in [0.15, 0.2) is 126 Å². The number of rotatable bonds is 4. The van der Waals surface area contributed by atoms with E-state index < -0.39 is 0 Å². The predicted octanol–water partition coefficient (Wildman–Crippen LogP) is 10.8. The second-order valence-electron chi connectivity index (χ2n) is 11.5. The van der Waals surface area contributed by atoms with Gasteiger partial charge in [0.1, 0.15) is 11.2 Å². The van der Waals surface area contributed by atoms with Gasteiger partial charge >= 0.3 is 0 Å². The highest BCUT2D eigenvalue weighted by atomic mass is 16.3. The van der Waals surface area contributed by atoms with Gasteiger partial charge in [-0.1, -0.05) is 80.6 Å². The molecule has 0 saturated carbocycles. The molecule has 0 aliphatic carbocycles. The Bertz CT molecular complexity index is 2250. The van der Waals surface area contributed by atoms with E-state index in [0.29, 0.717) is 0 Å². The minimum atomic E-state index is 0.278. The molecule has 0 N–H and O–H groups in total. The van der Waals surface area contributed by atoms with Crippen molar-refractivity contribution in [2.75, 3.05) is 0 Å². The Morgan fingerprint density at radius 1 is 0.619 bits per heavy atom. The predicted molar refractivity (Wildman–Crippen MR) is 176 cm³/mol. The summed E-state index contributed by atoms with van der Waals surface area (Å²) in [5.74, 6) is 0.278. The lowest BCUT2D eigenvalue weighted by Crippen LogP contribution is -2.03. The SMILES string of the molecule is Cc1cccnc1-c1cc(-n2c3ccccc3c3ccccc32)cc(-c2ccc3oc4ccccc4c3c2)c1C(C)C. The molecule has 0 aliphatic heterocycles. The van der Waals surface area contributed by atoms with E-state index in [1.165, 1.54) is 49.6 Å². The van der Waals surface area contributed by atoms with Crippen LogP contribution >= 0.6 is 0 Å². The third-order valence-corrected chi connectivity index (χ3v) is 8.53. The van der Waals surface area contributed by atoms with E-state index in [0.717, 1.165) is 33.3 Å². The average molecular weight is 543 g/mol. The van der Waals surface area contributed by atoms with Gasteiger partial charge < -0.3 is 8.98 Å². The molecule has 5 aromatic carbocycles. The van der Waals surface area contributed by atoms with Crippen LogP contribution in [0, 0.1) is 6.92 Å². The zero-order valence-corrected chi connectivity index (χ0v) is 23.9. The molecule has 3 heteroatoms. The molecule has 0 unspecified atom stereocenters. The van der Waals surface area contributed by atoms with Crippen LogP contribution in [0.4, 0.5) is 0 Å². The van der Waals surface area contributed by atoms with Crippen LogP contribution in [0.2, 0.25) is 0 Å². The fraction of sp³-hybridized carbons (Fsp3) is 0.103. The third-order valence-electron chi connectivity index (χ3n) is 8.53. The number of nitrogens with zero attached hydrogens (tertiary/aromatic N) is 2. The van der Waals surface area contributed by atoms with Crippen molar-refractivity contribution in [3.05, 3.63) is 133 Å². The molecule has 3 heterocycles. The number of hydrogen-bond acceptors (Lipinski definition) is 2. The molecule has 0 radical (unpaired) electrons. The van der Waals surface area contributed by atoms with Gasteiger partial charge in [-0.15, -0.1) is 0 Å². The van der Waals surface area contributed by atoms with E-state index >= 15 is 0 Å². The number of aromatic nitrogens is 2. The molecule has 0 bridgehead atoms. The molecule has 0 fully saturated rings. The summed E-state index contributed by atoms with van der Waals surface area (Å²) in [5, 5.41) is 4.78. The Hall–Kier alpha value is -5.15.